The summed E-state index contributed by atoms with van der Waals surface area (Å²) in [6.45, 7) is 0.105. The molecule has 0 aliphatic carbocycles. The van der Waals surface area contributed by atoms with Crippen LogP contribution in [0, 0.1) is 11.8 Å². The smallest absolute Gasteiger partial charge is 0.241 e. The molecule has 0 aromatic heterocycles. The molecule has 24 heavy (non-hydrogen) atoms. The molecule has 0 fully saturated rings. The summed E-state index contributed by atoms with van der Waals surface area (Å²) in [4.78, 5) is 0.150. The topological polar surface area (TPSA) is 64.6 Å². The number of sulfonamides is 1. The number of hydrogen-bond donors (Lipinski definition) is 1. The minimum absolute atomic E-state index is 0.0136. The molecule has 0 bridgehead atoms. The van der Waals surface area contributed by atoms with Gasteiger partial charge in [0.15, 0.2) is 0 Å². The lowest BCUT2D eigenvalue weighted by Gasteiger charge is -2.05. The van der Waals surface area contributed by atoms with Crippen molar-refractivity contribution in [2.24, 2.45) is 0 Å². The molecule has 126 valence electrons. The zero-order chi connectivity index (χ0) is 17.4. The van der Waals surface area contributed by atoms with E-state index in [0.717, 1.165) is 0 Å². The van der Waals surface area contributed by atoms with E-state index >= 15 is 0 Å². The first-order valence-corrected chi connectivity index (χ1v) is 8.86. The van der Waals surface area contributed by atoms with Crippen molar-refractivity contribution >= 4 is 21.6 Å². The fourth-order valence-electron chi connectivity index (χ4n) is 1.76. The molecule has 0 aliphatic heterocycles. The van der Waals surface area contributed by atoms with Gasteiger partial charge in [0.25, 0.3) is 0 Å². The van der Waals surface area contributed by atoms with Gasteiger partial charge in [-0.1, -0.05) is 35.6 Å². The van der Waals surface area contributed by atoms with Gasteiger partial charge in [0.1, 0.15) is 18.1 Å². The Morgan fingerprint density at radius 1 is 1.08 bits per heavy atom. The third kappa shape index (κ3) is 5.17. The number of nitrogens with one attached hydrogen (secondary N) is 1. The third-order valence-electron chi connectivity index (χ3n) is 2.98. The standard InChI is InChI=1S/C17H16ClNO4S/c1-22-14-8-10-15(11-9-14)24(20,21)19-12-4-5-13-23-17-7-3-2-6-16(17)18/h2-3,6-11,19H,12-13H2,1H3. The molecular weight excluding hydrogens is 350 g/mol. The molecule has 1 N–H and O–H groups in total. The van der Waals surface area contributed by atoms with Gasteiger partial charge in [-0.25, -0.2) is 8.42 Å². The van der Waals surface area contributed by atoms with Gasteiger partial charge in [-0.2, -0.15) is 4.72 Å². The fraction of sp³-hybridized carbons (Fsp3) is 0.176. The van der Waals surface area contributed by atoms with Crippen LogP contribution < -0.4 is 14.2 Å². The minimum atomic E-state index is -3.60. The van der Waals surface area contributed by atoms with Crippen LogP contribution in [0.25, 0.3) is 0 Å². The van der Waals surface area contributed by atoms with Crippen LogP contribution >= 0.6 is 11.6 Å². The number of halogens is 1. The largest absolute Gasteiger partial charge is 0.497 e. The summed E-state index contributed by atoms with van der Waals surface area (Å²) >= 11 is 5.94. The number of rotatable bonds is 6. The Morgan fingerprint density at radius 2 is 1.79 bits per heavy atom. The van der Waals surface area contributed by atoms with E-state index in [1.165, 1.54) is 19.2 Å². The molecule has 0 unspecified atom stereocenters. The van der Waals surface area contributed by atoms with E-state index in [9.17, 15) is 8.42 Å². The van der Waals surface area contributed by atoms with Crippen LogP contribution in [0.3, 0.4) is 0 Å². The highest BCUT2D eigenvalue weighted by Gasteiger charge is 2.12. The van der Waals surface area contributed by atoms with Crippen molar-refractivity contribution < 1.29 is 17.9 Å². The van der Waals surface area contributed by atoms with Crippen LogP contribution in [-0.4, -0.2) is 28.7 Å². The second-order valence-corrected chi connectivity index (χ2v) is 6.75. The summed E-state index contributed by atoms with van der Waals surface area (Å²) in [5.74, 6) is 6.54. The second kappa shape index (κ2) is 8.60. The second-order valence-electron chi connectivity index (χ2n) is 4.57. The Labute approximate surface area is 146 Å². The van der Waals surface area contributed by atoms with E-state index in [4.69, 9.17) is 21.1 Å². The van der Waals surface area contributed by atoms with Crippen molar-refractivity contribution in [2.75, 3.05) is 20.3 Å². The molecule has 0 aliphatic rings. The maximum atomic E-state index is 12.1. The van der Waals surface area contributed by atoms with Crippen molar-refractivity contribution in [3.63, 3.8) is 0 Å². The van der Waals surface area contributed by atoms with Gasteiger partial charge in [-0.05, 0) is 36.4 Å². The summed E-state index contributed by atoms with van der Waals surface area (Å²) in [7, 11) is -2.09. The average molecular weight is 366 g/mol. The Morgan fingerprint density at radius 3 is 2.46 bits per heavy atom. The number of hydrogen-bond acceptors (Lipinski definition) is 4. The Kier molecular flexibility index (Phi) is 6.50. The van der Waals surface area contributed by atoms with Crippen LogP contribution in [0.15, 0.2) is 53.4 Å². The predicted octanol–water partition coefficient (Wildman–Crippen LogP) is 2.71. The summed E-state index contributed by atoms with van der Waals surface area (Å²) in [5.41, 5.74) is 0. The van der Waals surface area contributed by atoms with Crippen LogP contribution in [-0.2, 0) is 10.0 Å². The van der Waals surface area contributed by atoms with Gasteiger partial charge < -0.3 is 9.47 Å². The van der Waals surface area contributed by atoms with Crippen LogP contribution in [0.2, 0.25) is 5.02 Å². The lowest BCUT2D eigenvalue weighted by Crippen LogP contribution is -2.24. The first-order chi connectivity index (χ1) is 11.5. The maximum Gasteiger partial charge on any atom is 0.241 e. The monoisotopic (exact) mass is 365 g/mol. The Hall–Kier alpha value is -2.20. The van der Waals surface area contributed by atoms with Gasteiger partial charge in [-0.3, -0.25) is 0 Å². The van der Waals surface area contributed by atoms with Gasteiger partial charge in [0, 0.05) is 0 Å². The van der Waals surface area contributed by atoms with Gasteiger partial charge in [-0.15, -0.1) is 0 Å². The third-order valence-corrected chi connectivity index (χ3v) is 4.71. The summed E-state index contributed by atoms with van der Waals surface area (Å²) < 4.78 is 36.9. The molecule has 2 rings (SSSR count). The molecular formula is C17H16ClNO4S. The molecule has 0 saturated heterocycles. The molecule has 0 heterocycles. The van der Waals surface area contributed by atoms with E-state index in [0.29, 0.717) is 16.5 Å². The molecule has 0 spiro atoms. The normalized spacial score (nSPS) is 10.6. The molecule has 2 aromatic carbocycles. The quantitative estimate of drug-likeness (QED) is 0.799. The maximum absolute atomic E-state index is 12.1. The number of ether oxygens (including phenoxy) is 2. The van der Waals surface area contributed by atoms with Gasteiger partial charge in [0.05, 0.1) is 23.6 Å². The molecule has 0 radical (unpaired) electrons. The lowest BCUT2D eigenvalue weighted by atomic mass is 10.3. The first-order valence-electron chi connectivity index (χ1n) is 7.00. The number of benzene rings is 2. The van der Waals surface area contributed by atoms with Crippen molar-refractivity contribution in [2.45, 2.75) is 4.90 Å². The first kappa shape index (κ1) is 18.1. The molecule has 7 heteroatoms. The zero-order valence-electron chi connectivity index (χ0n) is 13.0. The van der Waals surface area contributed by atoms with Crippen LogP contribution in [0.1, 0.15) is 0 Å². The Bertz CT molecular complexity index is 839. The van der Waals surface area contributed by atoms with Crippen LogP contribution in [0.5, 0.6) is 11.5 Å². The van der Waals surface area contributed by atoms with Crippen LogP contribution in [0.4, 0.5) is 0 Å². The van der Waals surface area contributed by atoms with E-state index in [1.54, 1.807) is 36.4 Å². The summed E-state index contributed by atoms with van der Waals surface area (Å²) in [5, 5.41) is 0.500. The number of para-hydroxylation sites is 1. The SMILES string of the molecule is COc1ccc(S(=O)(=O)NCC#CCOc2ccccc2Cl)cc1. The van der Waals surface area contributed by atoms with Crippen molar-refractivity contribution in [1.29, 1.82) is 0 Å². The van der Waals surface area contributed by atoms with Crippen molar-refractivity contribution in [3.8, 4) is 23.3 Å². The van der Waals surface area contributed by atoms with E-state index in [1.807, 2.05) is 0 Å². The summed E-state index contributed by atoms with van der Waals surface area (Å²) in [6, 6.07) is 13.1. The molecule has 0 atom stereocenters. The molecule has 0 amide bonds. The highest BCUT2D eigenvalue weighted by molar-refractivity contribution is 7.89. The van der Waals surface area contributed by atoms with Gasteiger partial charge in [0.2, 0.25) is 10.0 Å². The van der Waals surface area contributed by atoms with E-state index in [-0.39, 0.29) is 18.0 Å². The molecule has 5 nitrogen and oxygen atoms in total. The number of methoxy groups -OCH3 is 1. The minimum Gasteiger partial charge on any atom is -0.497 e. The predicted molar refractivity (Wildman–Crippen MR) is 92.9 cm³/mol. The van der Waals surface area contributed by atoms with Crippen molar-refractivity contribution in [3.05, 3.63) is 53.6 Å². The lowest BCUT2D eigenvalue weighted by molar-refractivity contribution is 0.370. The summed E-state index contributed by atoms with van der Waals surface area (Å²) in [6.07, 6.45) is 0. The molecule has 0 saturated carbocycles. The fourth-order valence-corrected chi connectivity index (χ4v) is 2.87. The average Bonchev–Trinajstić information content (AvgIpc) is 2.59. The highest BCUT2D eigenvalue weighted by Crippen LogP contribution is 2.22. The Balaban J connectivity index is 1.84. The molecule has 2 aromatic rings. The van der Waals surface area contributed by atoms with Gasteiger partial charge >= 0.3 is 0 Å². The zero-order valence-corrected chi connectivity index (χ0v) is 14.5. The van der Waals surface area contributed by atoms with Crippen molar-refractivity contribution in [1.82, 2.24) is 4.72 Å². The van der Waals surface area contributed by atoms with E-state index < -0.39 is 10.0 Å². The van der Waals surface area contributed by atoms with E-state index in [2.05, 4.69) is 16.6 Å². The highest BCUT2D eigenvalue weighted by atomic mass is 35.5.